The monoisotopic (exact) mass is 411 g/mol. The average Bonchev–Trinajstić information content (AvgIpc) is 3.23. The number of carbonyl (C=O) groups is 2. The minimum Gasteiger partial charge on any atom is -0.340 e. The Hall–Kier alpha value is -3.00. The number of nitrogens with one attached hydrogen (secondary N) is 2. The highest BCUT2D eigenvalue weighted by atomic mass is 32.1. The first-order valence-corrected chi connectivity index (χ1v) is 10.2. The van der Waals surface area contributed by atoms with Crippen LogP contribution in [0.3, 0.4) is 0 Å². The minimum absolute atomic E-state index is 0.0844. The number of nitrogens with zero attached hydrogens (tertiary/aromatic N) is 3. The van der Waals surface area contributed by atoms with Gasteiger partial charge in [-0.25, -0.2) is 9.97 Å². The van der Waals surface area contributed by atoms with E-state index in [2.05, 4.69) is 20.6 Å². The molecule has 0 aliphatic carbocycles. The molecule has 3 aromatic rings. The fourth-order valence-corrected chi connectivity index (χ4v) is 3.98. The van der Waals surface area contributed by atoms with Crippen molar-refractivity contribution >= 4 is 28.3 Å². The summed E-state index contributed by atoms with van der Waals surface area (Å²) in [6, 6.07) is 6.61. The Labute approximate surface area is 174 Å². The van der Waals surface area contributed by atoms with Gasteiger partial charge < -0.3 is 15.2 Å². The third kappa shape index (κ3) is 4.71. The summed E-state index contributed by atoms with van der Waals surface area (Å²) in [5.41, 5.74) is 2.32. The smallest absolute Gasteiger partial charge is 0.251 e. The third-order valence-electron chi connectivity index (χ3n) is 4.57. The van der Waals surface area contributed by atoms with Crippen LogP contribution in [0.15, 0.2) is 36.7 Å². The van der Waals surface area contributed by atoms with Gasteiger partial charge in [0.05, 0.1) is 10.6 Å². The molecular weight excluding hydrogens is 386 g/mol. The van der Waals surface area contributed by atoms with E-state index in [0.29, 0.717) is 10.7 Å². The molecule has 0 aliphatic heterocycles. The molecule has 1 unspecified atom stereocenters. The molecule has 1 aromatic carbocycles. The zero-order valence-electron chi connectivity index (χ0n) is 17.2. The van der Waals surface area contributed by atoms with Gasteiger partial charge in [0.1, 0.15) is 6.04 Å². The van der Waals surface area contributed by atoms with E-state index in [0.717, 1.165) is 22.0 Å². The van der Waals surface area contributed by atoms with E-state index < -0.39 is 6.04 Å². The summed E-state index contributed by atoms with van der Waals surface area (Å²) in [5.74, 6) is 0.153. The number of rotatable bonds is 6. The van der Waals surface area contributed by atoms with Crippen molar-refractivity contribution in [2.24, 2.45) is 13.0 Å². The van der Waals surface area contributed by atoms with Crippen molar-refractivity contribution in [3.05, 3.63) is 53.5 Å². The topological polar surface area (TPSA) is 88.9 Å². The molecule has 2 amide bonds. The number of carbonyl (C=O) groups excluding carboxylic acids is 2. The van der Waals surface area contributed by atoms with E-state index in [1.165, 1.54) is 11.3 Å². The molecule has 152 valence electrons. The summed E-state index contributed by atoms with van der Waals surface area (Å²) < 4.78 is 1.91. The van der Waals surface area contributed by atoms with Gasteiger partial charge in [0.15, 0.2) is 11.0 Å². The zero-order chi connectivity index (χ0) is 21.1. The normalized spacial score (nSPS) is 12.1. The second kappa shape index (κ2) is 8.57. The molecule has 0 aliphatic rings. The van der Waals surface area contributed by atoms with Crippen LogP contribution in [0.25, 0.3) is 10.7 Å². The summed E-state index contributed by atoms with van der Waals surface area (Å²) in [6.07, 6.45) is 3.59. The van der Waals surface area contributed by atoms with Gasteiger partial charge in [-0.2, -0.15) is 0 Å². The molecule has 0 saturated heterocycles. The number of benzene rings is 1. The molecule has 0 saturated carbocycles. The van der Waals surface area contributed by atoms with Crippen LogP contribution in [-0.2, 0) is 11.8 Å². The molecule has 8 heteroatoms. The van der Waals surface area contributed by atoms with E-state index in [1.54, 1.807) is 18.3 Å². The largest absolute Gasteiger partial charge is 0.340 e. The van der Waals surface area contributed by atoms with Crippen molar-refractivity contribution in [1.29, 1.82) is 0 Å². The van der Waals surface area contributed by atoms with Crippen molar-refractivity contribution in [3.63, 3.8) is 0 Å². The molecular formula is C21H25N5O2S. The first kappa shape index (κ1) is 20.7. The Kier molecular flexibility index (Phi) is 6.12. The van der Waals surface area contributed by atoms with E-state index in [-0.39, 0.29) is 17.7 Å². The van der Waals surface area contributed by atoms with Crippen molar-refractivity contribution in [2.75, 3.05) is 5.32 Å². The highest BCUT2D eigenvalue weighted by molar-refractivity contribution is 7.19. The van der Waals surface area contributed by atoms with Gasteiger partial charge in [0.25, 0.3) is 5.91 Å². The van der Waals surface area contributed by atoms with Gasteiger partial charge in [-0.3, -0.25) is 9.59 Å². The SMILES string of the molecule is Cc1cccc(C(=O)NC(C(=O)Nc2nc(C)c(-c3nccn3C)s2)C(C)C)c1. The fourth-order valence-electron chi connectivity index (χ4n) is 2.97. The molecule has 2 heterocycles. The lowest BCUT2D eigenvalue weighted by molar-refractivity contribution is -0.118. The zero-order valence-corrected chi connectivity index (χ0v) is 18.0. The summed E-state index contributed by atoms with van der Waals surface area (Å²) in [5, 5.41) is 6.19. The third-order valence-corrected chi connectivity index (χ3v) is 5.64. The molecule has 0 fully saturated rings. The van der Waals surface area contributed by atoms with Crippen molar-refractivity contribution in [2.45, 2.75) is 33.7 Å². The van der Waals surface area contributed by atoms with Gasteiger partial charge in [0, 0.05) is 25.0 Å². The Bertz CT molecular complexity index is 1040. The lowest BCUT2D eigenvalue weighted by Crippen LogP contribution is -2.47. The second-order valence-electron chi connectivity index (χ2n) is 7.35. The highest BCUT2D eigenvalue weighted by Gasteiger charge is 2.26. The Morgan fingerprint density at radius 2 is 1.97 bits per heavy atom. The predicted octanol–water partition coefficient (Wildman–Crippen LogP) is 3.55. The summed E-state index contributed by atoms with van der Waals surface area (Å²) in [4.78, 5) is 35.2. The van der Waals surface area contributed by atoms with Crippen LogP contribution in [0.5, 0.6) is 0 Å². The molecule has 7 nitrogen and oxygen atoms in total. The average molecular weight is 412 g/mol. The Morgan fingerprint density at radius 3 is 2.59 bits per heavy atom. The van der Waals surface area contributed by atoms with E-state index in [1.807, 2.05) is 57.6 Å². The quantitative estimate of drug-likeness (QED) is 0.649. The van der Waals surface area contributed by atoms with Gasteiger partial charge in [-0.05, 0) is 31.9 Å². The minimum atomic E-state index is -0.677. The Balaban J connectivity index is 1.75. The molecule has 3 rings (SSSR count). The highest BCUT2D eigenvalue weighted by Crippen LogP contribution is 2.31. The molecule has 1 atom stereocenters. The number of anilines is 1. The van der Waals surface area contributed by atoms with E-state index in [4.69, 9.17) is 0 Å². The lowest BCUT2D eigenvalue weighted by atomic mass is 10.0. The summed E-state index contributed by atoms with van der Waals surface area (Å²) >= 11 is 1.37. The van der Waals surface area contributed by atoms with Crippen LogP contribution in [0.2, 0.25) is 0 Å². The fraction of sp³-hybridized carbons (Fsp3) is 0.333. The summed E-state index contributed by atoms with van der Waals surface area (Å²) in [7, 11) is 1.91. The molecule has 2 aromatic heterocycles. The molecule has 0 radical (unpaired) electrons. The van der Waals surface area contributed by atoms with E-state index in [9.17, 15) is 9.59 Å². The van der Waals surface area contributed by atoms with Gasteiger partial charge >= 0.3 is 0 Å². The van der Waals surface area contributed by atoms with Crippen LogP contribution in [0, 0.1) is 19.8 Å². The van der Waals surface area contributed by atoms with Crippen LogP contribution in [0.1, 0.15) is 35.5 Å². The number of thiazole rings is 1. The lowest BCUT2D eigenvalue weighted by Gasteiger charge is -2.21. The maximum atomic E-state index is 12.9. The molecule has 0 bridgehead atoms. The number of hydrogen-bond acceptors (Lipinski definition) is 5. The second-order valence-corrected chi connectivity index (χ2v) is 8.35. The Morgan fingerprint density at radius 1 is 1.21 bits per heavy atom. The number of aromatic nitrogens is 3. The first-order valence-electron chi connectivity index (χ1n) is 9.39. The maximum Gasteiger partial charge on any atom is 0.251 e. The predicted molar refractivity (Wildman–Crippen MR) is 115 cm³/mol. The molecule has 2 N–H and O–H groups in total. The molecule has 0 spiro atoms. The van der Waals surface area contributed by atoms with Crippen molar-refractivity contribution < 1.29 is 9.59 Å². The van der Waals surface area contributed by atoms with Crippen LogP contribution >= 0.6 is 11.3 Å². The first-order chi connectivity index (χ1) is 13.8. The van der Waals surface area contributed by atoms with Gasteiger partial charge in [-0.1, -0.05) is 42.9 Å². The van der Waals surface area contributed by atoms with Gasteiger partial charge in [0.2, 0.25) is 5.91 Å². The number of hydrogen-bond donors (Lipinski definition) is 2. The van der Waals surface area contributed by atoms with Gasteiger partial charge in [-0.15, -0.1) is 0 Å². The van der Waals surface area contributed by atoms with Crippen LogP contribution in [-0.4, -0.2) is 32.4 Å². The van der Waals surface area contributed by atoms with Crippen molar-refractivity contribution in [3.8, 4) is 10.7 Å². The number of aryl methyl sites for hydroxylation is 3. The summed E-state index contributed by atoms with van der Waals surface area (Å²) in [6.45, 7) is 7.60. The standard InChI is InChI=1S/C21H25N5O2S/c1-12(2)16(24-19(27)15-8-6-7-13(3)11-15)20(28)25-21-23-14(4)17(29-21)18-22-9-10-26(18)5/h6-12,16H,1-5H3,(H,24,27)(H,23,25,28). The maximum absolute atomic E-state index is 12.9. The van der Waals surface area contributed by atoms with E-state index >= 15 is 0 Å². The van der Waals surface area contributed by atoms with Crippen molar-refractivity contribution in [1.82, 2.24) is 19.9 Å². The number of amides is 2. The van der Waals surface area contributed by atoms with Crippen LogP contribution < -0.4 is 10.6 Å². The molecule has 29 heavy (non-hydrogen) atoms. The number of imidazole rings is 1. The van der Waals surface area contributed by atoms with Crippen LogP contribution in [0.4, 0.5) is 5.13 Å².